The van der Waals surface area contributed by atoms with Crippen LogP contribution in [0.1, 0.15) is 14.5 Å². The van der Waals surface area contributed by atoms with Gasteiger partial charge < -0.3 is 5.73 Å². The Kier molecular flexibility index (Phi) is 5.10. The number of nitrogens with two attached hydrogens (primary N) is 1. The van der Waals surface area contributed by atoms with Crippen LogP contribution >= 0.6 is 46.3 Å². The molecule has 1 heterocycles. The van der Waals surface area contributed by atoms with E-state index in [1.165, 1.54) is 17.8 Å². The average molecular weight is 363 g/mol. The van der Waals surface area contributed by atoms with Gasteiger partial charge in [0.15, 0.2) is 0 Å². The van der Waals surface area contributed by atoms with E-state index in [1.807, 2.05) is 0 Å². The van der Waals surface area contributed by atoms with Gasteiger partial charge in [-0.2, -0.15) is 0 Å². The molecule has 0 saturated carbocycles. The molecule has 1 aromatic carbocycles. The first-order valence-electron chi connectivity index (χ1n) is 5.54. The normalized spacial score (nSPS) is 10.6. The standard InChI is InChI=1S/C12H8Cl2N2O3S2/c13-6-2-1-3-8(11(6)14)20-5-10-7(16(18)19)4-9(21-10)12(15)17/h1-4H,5H2,(H2,15,17). The van der Waals surface area contributed by atoms with E-state index in [4.69, 9.17) is 28.9 Å². The van der Waals surface area contributed by atoms with Gasteiger partial charge in [-0.3, -0.25) is 14.9 Å². The van der Waals surface area contributed by atoms with Crippen LogP contribution in [0.5, 0.6) is 0 Å². The Morgan fingerprint density at radius 2 is 2.14 bits per heavy atom. The Balaban J connectivity index is 2.25. The van der Waals surface area contributed by atoms with Gasteiger partial charge in [-0.15, -0.1) is 23.1 Å². The lowest BCUT2D eigenvalue weighted by atomic mass is 10.3. The molecule has 1 amide bonds. The number of nitrogens with zero attached hydrogens (tertiary/aromatic N) is 1. The molecule has 1 aromatic heterocycles. The highest BCUT2D eigenvalue weighted by molar-refractivity contribution is 7.98. The van der Waals surface area contributed by atoms with Gasteiger partial charge >= 0.3 is 0 Å². The van der Waals surface area contributed by atoms with E-state index in [0.717, 1.165) is 11.3 Å². The summed E-state index contributed by atoms with van der Waals surface area (Å²) in [6.07, 6.45) is 0. The van der Waals surface area contributed by atoms with E-state index >= 15 is 0 Å². The van der Waals surface area contributed by atoms with Gasteiger partial charge in [-0.1, -0.05) is 29.3 Å². The second-order valence-corrected chi connectivity index (χ2v) is 6.82. The minimum atomic E-state index is -0.680. The maximum absolute atomic E-state index is 11.1. The highest BCUT2D eigenvalue weighted by Crippen LogP contribution is 2.38. The Labute approximate surface area is 138 Å². The van der Waals surface area contributed by atoms with Gasteiger partial charge in [0.1, 0.15) is 0 Å². The molecular weight excluding hydrogens is 355 g/mol. The van der Waals surface area contributed by atoms with Crippen molar-refractivity contribution in [3.05, 3.63) is 54.2 Å². The molecular formula is C12H8Cl2N2O3S2. The molecule has 21 heavy (non-hydrogen) atoms. The van der Waals surface area contributed by atoms with E-state index in [2.05, 4.69) is 0 Å². The predicted octanol–water partition coefficient (Wildman–Crippen LogP) is 4.35. The second kappa shape index (κ2) is 6.65. The summed E-state index contributed by atoms with van der Waals surface area (Å²) in [5.41, 5.74) is 5.04. The monoisotopic (exact) mass is 362 g/mol. The van der Waals surface area contributed by atoms with Gasteiger partial charge in [0.25, 0.3) is 11.6 Å². The highest BCUT2D eigenvalue weighted by atomic mass is 35.5. The van der Waals surface area contributed by atoms with Crippen molar-refractivity contribution in [3.63, 3.8) is 0 Å². The zero-order valence-corrected chi connectivity index (χ0v) is 13.5. The second-order valence-electron chi connectivity index (χ2n) is 3.88. The molecule has 2 rings (SSSR count). The first-order chi connectivity index (χ1) is 9.90. The fraction of sp³-hybridized carbons (Fsp3) is 0.0833. The van der Waals surface area contributed by atoms with Gasteiger partial charge in [0, 0.05) is 16.7 Å². The molecule has 110 valence electrons. The van der Waals surface area contributed by atoms with Crippen LogP contribution in [0.15, 0.2) is 29.2 Å². The van der Waals surface area contributed by atoms with E-state index < -0.39 is 10.8 Å². The van der Waals surface area contributed by atoms with Crippen molar-refractivity contribution in [3.8, 4) is 0 Å². The van der Waals surface area contributed by atoms with Crippen LogP contribution in [-0.2, 0) is 5.75 Å². The lowest BCUT2D eigenvalue weighted by molar-refractivity contribution is -0.385. The van der Waals surface area contributed by atoms with E-state index in [1.54, 1.807) is 18.2 Å². The third kappa shape index (κ3) is 3.68. The molecule has 0 bridgehead atoms. The molecule has 9 heteroatoms. The first-order valence-corrected chi connectivity index (χ1v) is 8.09. The SMILES string of the molecule is NC(=O)c1cc([N+](=O)[O-])c(CSc2cccc(Cl)c2Cl)s1. The number of hydrogen-bond donors (Lipinski definition) is 1. The summed E-state index contributed by atoms with van der Waals surface area (Å²) in [5.74, 6) is -0.381. The minimum Gasteiger partial charge on any atom is -0.365 e. The number of carbonyl (C=O) groups is 1. The average Bonchev–Trinajstić information content (AvgIpc) is 2.85. The number of carbonyl (C=O) groups excluding carboxylic acids is 1. The topological polar surface area (TPSA) is 86.2 Å². The molecule has 0 unspecified atom stereocenters. The third-order valence-electron chi connectivity index (χ3n) is 2.50. The Morgan fingerprint density at radius 3 is 2.76 bits per heavy atom. The molecule has 2 aromatic rings. The number of nitro groups is 1. The van der Waals surface area contributed by atoms with Crippen molar-refractivity contribution in [2.75, 3.05) is 0 Å². The van der Waals surface area contributed by atoms with Gasteiger partial charge in [0.05, 0.1) is 24.7 Å². The van der Waals surface area contributed by atoms with E-state index in [9.17, 15) is 14.9 Å². The molecule has 0 fully saturated rings. The number of amides is 1. The number of rotatable bonds is 5. The van der Waals surface area contributed by atoms with Crippen LogP contribution in [-0.4, -0.2) is 10.8 Å². The summed E-state index contributed by atoms with van der Waals surface area (Å²) in [6, 6.07) is 6.37. The van der Waals surface area contributed by atoms with Crippen LogP contribution in [0.4, 0.5) is 5.69 Å². The lowest BCUT2D eigenvalue weighted by Crippen LogP contribution is -2.08. The summed E-state index contributed by atoms with van der Waals surface area (Å²) in [7, 11) is 0. The van der Waals surface area contributed by atoms with Crippen LogP contribution in [0, 0.1) is 10.1 Å². The summed E-state index contributed by atoms with van der Waals surface area (Å²) >= 11 is 14.3. The summed E-state index contributed by atoms with van der Waals surface area (Å²) in [4.78, 5) is 22.9. The maximum atomic E-state index is 11.1. The van der Waals surface area contributed by atoms with Crippen LogP contribution in [0.25, 0.3) is 0 Å². The van der Waals surface area contributed by atoms with Crippen molar-refractivity contribution < 1.29 is 9.72 Å². The first kappa shape index (κ1) is 16.1. The molecule has 0 aliphatic rings. The molecule has 0 radical (unpaired) electrons. The van der Waals surface area contributed by atoms with Crippen molar-refractivity contribution in [2.45, 2.75) is 10.6 Å². The van der Waals surface area contributed by atoms with Crippen molar-refractivity contribution in [1.82, 2.24) is 0 Å². The van der Waals surface area contributed by atoms with Crippen molar-refractivity contribution in [1.29, 1.82) is 0 Å². The van der Waals surface area contributed by atoms with Gasteiger partial charge in [0.2, 0.25) is 0 Å². The quantitative estimate of drug-likeness (QED) is 0.486. The number of thiophene rings is 1. The van der Waals surface area contributed by atoms with Crippen molar-refractivity contribution >= 4 is 57.9 Å². The maximum Gasteiger partial charge on any atom is 0.284 e. The fourth-order valence-corrected chi connectivity index (χ4v) is 4.09. The number of halogens is 2. The van der Waals surface area contributed by atoms with Crippen LogP contribution in [0.2, 0.25) is 10.0 Å². The molecule has 0 aliphatic heterocycles. The lowest BCUT2D eigenvalue weighted by Gasteiger charge is -2.04. The van der Waals surface area contributed by atoms with Crippen LogP contribution < -0.4 is 5.73 Å². The molecule has 0 aliphatic carbocycles. The highest BCUT2D eigenvalue weighted by Gasteiger charge is 2.21. The number of primary amides is 1. The molecule has 5 nitrogen and oxygen atoms in total. The number of thioether (sulfide) groups is 1. The Hall–Kier alpha value is -1.28. The fourth-order valence-electron chi connectivity index (χ4n) is 1.54. The van der Waals surface area contributed by atoms with Crippen LogP contribution in [0.3, 0.4) is 0 Å². The van der Waals surface area contributed by atoms with E-state index in [0.29, 0.717) is 25.6 Å². The third-order valence-corrected chi connectivity index (χ3v) is 5.84. The number of benzene rings is 1. The van der Waals surface area contributed by atoms with Gasteiger partial charge in [-0.05, 0) is 12.1 Å². The molecule has 0 saturated heterocycles. The largest absolute Gasteiger partial charge is 0.365 e. The number of hydrogen-bond acceptors (Lipinski definition) is 5. The zero-order chi connectivity index (χ0) is 15.6. The Bertz CT molecular complexity index is 719. The summed E-state index contributed by atoms with van der Waals surface area (Å²) < 4.78 is 0. The molecule has 0 spiro atoms. The summed E-state index contributed by atoms with van der Waals surface area (Å²) in [5, 5.41) is 11.8. The Morgan fingerprint density at radius 1 is 1.43 bits per heavy atom. The molecule has 0 atom stereocenters. The smallest absolute Gasteiger partial charge is 0.284 e. The van der Waals surface area contributed by atoms with Crippen molar-refractivity contribution in [2.24, 2.45) is 5.73 Å². The minimum absolute atomic E-state index is 0.112. The molecule has 2 N–H and O–H groups in total. The van der Waals surface area contributed by atoms with E-state index in [-0.39, 0.29) is 10.6 Å². The summed E-state index contributed by atoms with van der Waals surface area (Å²) in [6.45, 7) is 0. The zero-order valence-electron chi connectivity index (χ0n) is 10.3. The van der Waals surface area contributed by atoms with Gasteiger partial charge in [-0.25, -0.2) is 0 Å². The predicted molar refractivity (Wildman–Crippen MR) is 85.5 cm³/mol.